The van der Waals surface area contributed by atoms with E-state index in [1.165, 1.54) is 0 Å². The first-order valence-electron chi connectivity index (χ1n) is 6.55. The number of nitrogens with zero attached hydrogens (tertiary/aromatic N) is 2. The van der Waals surface area contributed by atoms with Gasteiger partial charge in [0.1, 0.15) is 0 Å². The highest BCUT2D eigenvalue weighted by Gasteiger charge is 2.19. The molecule has 4 heteroatoms. The normalized spacial score (nSPS) is 23.2. The van der Waals surface area contributed by atoms with Crippen molar-refractivity contribution in [2.45, 2.75) is 19.9 Å². The van der Waals surface area contributed by atoms with Gasteiger partial charge in [-0.3, -0.25) is 9.98 Å². The maximum Gasteiger partial charge on any atom is 0.161 e. The second-order valence-electron chi connectivity index (χ2n) is 5.00. The van der Waals surface area contributed by atoms with Crippen LogP contribution in [0.4, 0.5) is 5.69 Å². The highest BCUT2D eigenvalue weighted by Crippen LogP contribution is 2.24. The van der Waals surface area contributed by atoms with E-state index in [1.54, 1.807) is 11.8 Å². The molecule has 19 heavy (non-hydrogen) atoms. The molecule has 2 aromatic rings. The Morgan fingerprint density at radius 1 is 1.26 bits per heavy atom. The van der Waals surface area contributed by atoms with Crippen molar-refractivity contribution in [1.29, 1.82) is 0 Å². The molecule has 0 saturated heterocycles. The van der Waals surface area contributed by atoms with Crippen molar-refractivity contribution in [1.82, 2.24) is 4.98 Å². The lowest BCUT2D eigenvalue weighted by Crippen LogP contribution is -2.25. The summed E-state index contributed by atoms with van der Waals surface area (Å²) in [6, 6.07) is 10.6. The third kappa shape index (κ3) is 2.73. The average Bonchev–Trinajstić information content (AvgIpc) is 2.43. The van der Waals surface area contributed by atoms with Crippen molar-refractivity contribution >= 4 is 33.5 Å². The van der Waals surface area contributed by atoms with Gasteiger partial charge in [0.05, 0.1) is 23.4 Å². The number of hydrogen-bond donors (Lipinski definition) is 1. The molecule has 0 aliphatic carbocycles. The van der Waals surface area contributed by atoms with Crippen LogP contribution in [0.15, 0.2) is 41.5 Å². The molecule has 0 saturated carbocycles. The molecule has 3 nitrogen and oxygen atoms in total. The summed E-state index contributed by atoms with van der Waals surface area (Å²) in [5.74, 6) is 1.76. The van der Waals surface area contributed by atoms with Crippen LogP contribution in [0, 0.1) is 5.92 Å². The summed E-state index contributed by atoms with van der Waals surface area (Å²) in [6.07, 6.45) is 1.87. The maximum absolute atomic E-state index is 4.68. The standard InChI is InChI=1S/C15H17N3S/c1-10-9-19-15(17-11(10)2)18-13-7-12-5-3-4-6-14(12)16-8-13/h3-8,10-11H,9H2,1-2H3,(H,17,18). The van der Waals surface area contributed by atoms with Gasteiger partial charge in [0.25, 0.3) is 0 Å². The van der Waals surface area contributed by atoms with Gasteiger partial charge in [-0.05, 0) is 25.0 Å². The number of aromatic nitrogens is 1. The molecule has 1 aromatic heterocycles. The Labute approximate surface area is 117 Å². The zero-order chi connectivity index (χ0) is 13.2. The van der Waals surface area contributed by atoms with E-state index in [2.05, 4.69) is 41.3 Å². The van der Waals surface area contributed by atoms with Crippen molar-refractivity contribution in [2.75, 3.05) is 11.1 Å². The number of rotatable bonds is 1. The minimum atomic E-state index is 0.386. The Bertz CT molecular complexity index is 624. The van der Waals surface area contributed by atoms with Gasteiger partial charge < -0.3 is 5.32 Å². The summed E-state index contributed by atoms with van der Waals surface area (Å²) in [4.78, 5) is 9.13. The minimum absolute atomic E-state index is 0.386. The summed E-state index contributed by atoms with van der Waals surface area (Å²) in [7, 11) is 0. The summed E-state index contributed by atoms with van der Waals surface area (Å²) >= 11 is 1.79. The second kappa shape index (κ2) is 5.21. The van der Waals surface area contributed by atoms with E-state index >= 15 is 0 Å². The second-order valence-corrected chi connectivity index (χ2v) is 6.01. The highest BCUT2D eigenvalue weighted by atomic mass is 32.2. The van der Waals surface area contributed by atoms with Crippen LogP contribution in [0.3, 0.4) is 0 Å². The summed E-state index contributed by atoms with van der Waals surface area (Å²) < 4.78 is 0. The van der Waals surface area contributed by atoms with Crippen molar-refractivity contribution in [3.8, 4) is 0 Å². The van der Waals surface area contributed by atoms with Crippen molar-refractivity contribution < 1.29 is 0 Å². The first-order valence-corrected chi connectivity index (χ1v) is 7.53. The molecule has 0 fully saturated rings. The largest absolute Gasteiger partial charge is 0.334 e. The molecule has 0 bridgehead atoms. The van der Waals surface area contributed by atoms with E-state index in [0.717, 1.165) is 27.5 Å². The zero-order valence-corrected chi connectivity index (χ0v) is 11.9. The van der Waals surface area contributed by atoms with E-state index in [4.69, 9.17) is 0 Å². The van der Waals surface area contributed by atoms with Crippen molar-refractivity contribution in [3.63, 3.8) is 0 Å². The molecule has 2 atom stereocenters. The van der Waals surface area contributed by atoms with Crippen LogP contribution in [-0.2, 0) is 0 Å². The van der Waals surface area contributed by atoms with E-state index < -0.39 is 0 Å². The van der Waals surface area contributed by atoms with Crippen LogP contribution in [0.5, 0.6) is 0 Å². The molecular formula is C15H17N3S. The predicted molar refractivity (Wildman–Crippen MR) is 83.9 cm³/mol. The highest BCUT2D eigenvalue weighted by molar-refractivity contribution is 8.14. The smallest absolute Gasteiger partial charge is 0.161 e. The zero-order valence-electron chi connectivity index (χ0n) is 11.1. The molecule has 2 unspecified atom stereocenters. The molecule has 1 aliphatic heterocycles. The van der Waals surface area contributed by atoms with Crippen molar-refractivity contribution in [3.05, 3.63) is 36.5 Å². The lowest BCUT2D eigenvalue weighted by molar-refractivity contribution is 0.537. The molecular weight excluding hydrogens is 254 g/mol. The van der Waals surface area contributed by atoms with Crippen LogP contribution in [0.2, 0.25) is 0 Å². The SMILES string of the molecule is CC1CSC(Nc2cnc3ccccc3c2)=NC1C. The lowest BCUT2D eigenvalue weighted by atomic mass is 10.1. The maximum atomic E-state index is 4.68. The number of pyridine rings is 1. The fraction of sp³-hybridized carbons (Fsp3) is 0.333. The summed E-state index contributed by atoms with van der Waals surface area (Å²) in [5.41, 5.74) is 2.03. The summed E-state index contributed by atoms with van der Waals surface area (Å²) in [5, 5.41) is 5.53. The number of anilines is 1. The molecule has 0 radical (unpaired) electrons. The Kier molecular flexibility index (Phi) is 3.42. The van der Waals surface area contributed by atoms with Crippen LogP contribution in [0.25, 0.3) is 10.9 Å². The number of aliphatic imine (C=N–C) groups is 1. The van der Waals surface area contributed by atoms with E-state index in [9.17, 15) is 0 Å². The van der Waals surface area contributed by atoms with E-state index in [0.29, 0.717) is 12.0 Å². The topological polar surface area (TPSA) is 37.3 Å². The summed E-state index contributed by atoms with van der Waals surface area (Å²) in [6.45, 7) is 4.42. The quantitative estimate of drug-likeness (QED) is 0.857. The first kappa shape index (κ1) is 12.5. The fourth-order valence-electron chi connectivity index (χ4n) is 2.03. The third-order valence-electron chi connectivity index (χ3n) is 3.47. The number of thioether (sulfide) groups is 1. The fourth-order valence-corrected chi connectivity index (χ4v) is 3.16. The van der Waals surface area contributed by atoms with Gasteiger partial charge in [-0.2, -0.15) is 0 Å². The van der Waals surface area contributed by atoms with Gasteiger partial charge in [0, 0.05) is 11.1 Å². The van der Waals surface area contributed by atoms with Crippen LogP contribution >= 0.6 is 11.8 Å². The molecule has 3 rings (SSSR count). The Balaban J connectivity index is 1.84. The number of nitrogens with one attached hydrogen (secondary N) is 1. The van der Waals surface area contributed by atoms with Crippen LogP contribution < -0.4 is 5.32 Å². The van der Waals surface area contributed by atoms with Crippen LogP contribution in [-0.4, -0.2) is 21.9 Å². The van der Waals surface area contributed by atoms with Crippen LogP contribution in [0.1, 0.15) is 13.8 Å². The molecule has 98 valence electrons. The molecule has 0 amide bonds. The van der Waals surface area contributed by atoms with Gasteiger partial charge >= 0.3 is 0 Å². The van der Waals surface area contributed by atoms with Gasteiger partial charge in [-0.15, -0.1) is 0 Å². The Morgan fingerprint density at radius 2 is 2.11 bits per heavy atom. The number of hydrogen-bond acceptors (Lipinski definition) is 4. The molecule has 2 heterocycles. The third-order valence-corrected chi connectivity index (χ3v) is 4.64. The molecule has 0 spiro atoms. The van der Waals surface area contributed by atoms with Gasteiger partial charge in [-0.25, -0.2) is 0 Å². The van der Waals surface area contributed by atoms with E-state index in [1.807, 2.05) is 24.4 Å². The number of benzene rings is 1. The van der Waals surface area contributed by atoms with Crippen molar-refractivity contribution in [2.24, 2.45) is 10.9 Å². The Morgan fingerprint density at radius 3 is 2.95 bits per heavy atom. The molecule has 1 N–H and O–H groups in total. The van der Waals surface area contributed by atoms with E-state index in [-0.39, 0.29) is 0 Å². The number of fused-ring (bicyclic) bond motifs is 1. The average molecular weight is 271 g/mol. The monoisotopic (exact) mass is 271 g/mol. The first-order chi connectivity index (χ1) is 9.22. The number of para-hydroxylation sites is 1. The molecule has 1 aliphatic rings. The molecule has 1 aromatic carbocycles. The van der Waals surface area contributed by atoms with Gasteiger partial charge in [0.2, 0.25) is 0 Å². The van der Waals surface area contributed by atoms with Gasteiger partial charge in [0.15, 0.2) is 5.17 Å². The van der Waals surface area contributed by atoms with Gasteiger partial charge in [-0.1, -0.05) is 36.9 Å². The minimum Gasteiger partial charge on any atom is -0.334 e. The number of amidine groups is 1. The lowest BCUT2D eigenvalue weighted by Gasteiger charge is -2.23. The predicted octanol–water partition coefficient (Wildman–Crippen LogP) is 3.77. The Hall–Kier alpha value is -1.55.